The molecule has 1 aliphatic rings. The van der Waals surface area contributed by atoms with Crippen LogP contribution < -0.4 is 9.26 Å². The number of rotatable bonds is 10. The molecule has 0 radical (unpaired) electrons. The molecule has 3 rings (SSSR count). The Morgan fingerprint density at radius 2 is 2.00 bits per heavy atom. The number of esters is 1. The van der Waals surface area contributed by atoms with E-state index in [1.54, 1.807) is 31.2 Å². The summed E-state index contributed by atoms with van der Waals surface area (Å²) in [6, 6.07) is 8.60. The van der Waals surface area contributed by atoms with E-state index in [-0.39, 0.29) is 18.7 Å². The van der Waals surface area contributed by atoms with Crippen molar-refractivity contribution < 1.29 is 28.3 Å². The van der Waals surface area contributed by atoms with E-state index in [9.17, 15) is 14.3 Å². The zero-order valence-electron chi connectivity index (χ0n) is 18.6. The third-order valence-electron chi connectivity index (χ3n) is 5.41. The van der Waals surface area contributed by atoms with Gasteiger partial charge in [0, 0.05) is 16.9 Å². The first kappa shape index (κ1) is 24.4. The fraction of sp³-hybridized carbons (Fsp3) is 0.375. The molecule has 6 nitrogen and oxygen atoms in total. The molecule has 1 unspecified atom stereocenters. The molecule has 2 aromatic rings. The molecule has 0 fully saturated rings. The lowest BCUT2D eigenvalue weighted by Crippen LogP contribution is -2.11. The standard InChI is InChI=1S/C24H29O6PS/c1-4-19-17(3)21-14-29-24(25)22(21)23(28-12-13-32)20(19)11-10-16(2)15-31(26,27)30-18-8-6-5-7-9-18/h5-10,32H,4,11-15H2,1-3H3,(H,26,27)/b16-10+. The number of fused-ring (bicyclic) bond motifs is 1. The average molecular weight is 477 g/mol. The highest BCUT2D eigenvalue weighted by atomic mass is 32.1. The third-order valence-corrected chi connectivity index (χ3v) is 6.99. The number of ether oxygens (including phenoxy) is 2. The molecule has 1 N–H and O–H groups in total. The van der Waals surface area contributed by atoms with E-state index < -0.39 is 7.60 Å². The number of benzene rings is 2. The topological polar surface area (TPSA) is 82.1 Å². The predicted molar refractivity (Wildman–Crippen MR) is 128 cm³/mol. The minimum absolute atomic E-state index is 0.0951. The molecule has 1 heterocycles. The Kier molecular flexibility index (Phi) is 8.10. The second-order valence-corrected chi connectivity index (χ2v) is 9.94. The van der Waals surface area contributed by atoms with E-state index in [4.69, 9.17) is 14.0 Å². The van der Waals surface area contributed by atoms with Gasteiger partial charge >= 0.3 is 13.6 Å². The summed E-state index contributed by atoms with van der Waals surface area (Å²) in [5.74, 6) is 1.03. The highest BCUT2D eigenvalue weighted by molar-refractivity contribution is 7.80. The Labute approximate surface area is 194 Å². The third kappa shape index (κ3) is 5.58. The average Bonchev–Trinajstić information content (AvgIpc) is 3.13. The minimum atomic E-state index is -3.86. The molecule has 0 bridgehead atoms. The van der Waals surface area contributed by atoms with E-state index in [1.807, 2.05) is 19.1 Å². The minimum Gasteiger partial charge on any atom is -0.492 e. The summed E-state index contributed by atoms with van der Waals surface area (Å²) in [5.41, 5.74) is 5.13. The van der Waals surface area contributed by atoms with Gasteiger partial charge in [0.25, 0.3) is 0 Å². The Morgan fingerprint density at radius 1 is 1.28 bits per heavy atom. The van der Waals surface area contributed by atoms with E-state index in [0.29, 0.717) is 35.8 Å². The summed E-state index contributed by atoms with van der Waals surface area (Å²) < 4.78 is 29.2. The number of carbonyl (C=O) groups excluding carboxylic acids is 1. The molecule has 172 valence electrons. The monoisotopic (exact) mass is 476 g/mol. The van der Waals surface area contributed by atoms with Crippen molar-refractivity contribution in [1.29, 1.82) is 0 Å². The van der Waals surface area contributed by atoms with Crippen LogP contribution in [0.5, 0.6) is 11.5 Å². The van der Waals surface area contributed by atoms with Crippen LogP contribution in [-0.2, 0) is 28.8 Å². The van der Waals surface area contributed by atoms with Crippen LogP contribution >= 0.6 is 20.2 Å². The van der Waals surface area contributed by atoms with Gasteiger partial charge in [0.1, 0.15) is 23.7 Å². The van der Waals surface area contributed by atoms with Gasteiger partial charge in [-0.1, -0.05) is 36.8 Å². The molecule has 0 saturated carbocycles. The maximum absolute atomic E-state index is 12.6. The van der Waals surface area contributed by atoms with Crippen molar-refractivity contribution in [3.63, 3.8) is 0 Å². The molecular formula is C24H29O6PS. The highest BCUT2D eigenvalue weighted by Gasteiger charge is 2.32. The number of carbonyl (C=O) groups is 1. The van der Waals surface area contributed by atoms with Crippen molar-refractivity contribution in [1.82, 2.24) is 0 Å². The van der Waals surface area contributed by atoms with Crippen molar-refractivity contribution >= 4 is 26.2 Å². The van der Waals surface area contributed by atoms with Gasteiger partial charge in [-0.25, -0.2) is 9.36 Å². The van der Waals surface area contributed by atoms with Gasteiger partial charge in [0.05, 0.1) is 12.8 Å². The number of thiol groups is 1. The summed E-state index contributed by atoms with van der Waals surface area (Å²) in [5, 5.41) is 0. The molecule has 2 aromatic carbocycles. The van der Waals surface area contributed by atoms with E-state index >= 15 is 0 Å². The van der Waals surface area contributed by atoms with Crippen molar-refractivity contribution in [3.8, 4) is 11.5 Å². The Hall–Kier alpha value is -2.21. The van der Waals surface area contributed by atoms with Crippen molar-refractivity contribution in [2.75, 3.05) is 18.5 Å². The smallest absolute Gasteiger partial charge is 0.380 e. The molecule has 0 aromatic heterocycles. The zero-order chi connectivity index (χ0) is 23.3. The van der Waals surface area contributed by atoms with Crippen molar-refractivity contribution in [3.05, 3.63) is 69.8 Å². The highest BCUT2D eigenvalue weighted by Crippen LogP contribution is 2.44. The normalized spacial score (nSPS) is 15.2. The number of hydrogen-bond donors (Lipinski definition) is 2. The predicted octanol–water partition coefficient (Wildman–Crippen LogP) is 5.29. The van der Waals surface area contributed by atoms with Crippen molar-refractivity contribution in [2.24, 2.45) is 0 Å². The van der Waals surface area contributed by atoms with Gasteiger partial charge < -0.3 is 18.9 Å². The van der Waals surface area contributed by atoms with Crippen LogP contribution in [0.4, 0.5) is 0 Å². The number of cyclic esters (lactones) is 1. The van der Waals surface area contributed by atoms with Crippen LogP contribution in [0.2, 0.25) is 0 Å². The molecule has 0 saturated heterocycles. The van der Waals surface area contributed by atoms with Crippen LogP contribution in [0.15, 0.2) is 42.0 Å². The summed E-state index contributed by atoms with van der Waals surface area (Å²) in [6.45, 7) is 6.47. The SMILES string of the molecule is CCc1c(C)c2c(c(OCCS)c1C/C=C(\C)CP(=O)(O)Oc1ccccc1)C(=O)OC2. The van der Waals surface area contributed by atoms with Gasteiger partial charge in [-0.05, 0) is 49.9 Å². The first-order valence-corrected chi connectivity index (χ1v) is 13.0. The van der Waals surface area contributed by atoms with E-state index in [2.05, 4.69) is 19.6 Å². The van der Waals surface area contributed by atoms with Gasteiger partial charge in [-0.2, -0.15) is 12.6 Å². The lowest BCUT2D eigenvalue weighted by Gasteiger charge is -2.20. The van der Waals surface area contributed by atoms with Gasteiger partial charge in [0.2, 0.25) is 0 Å². The Morgan fingerprint density at radius 3 is 2.66 bits per heavy atom. The second-order valence-electron chi connectivity index (χ2n) is 7.72. The summed E-state index contributed by atoms with van der Waals surface area (Å²) >= 11 is 4.23. The lowest BCUT2D eigenvalue weighted by atomic mass is 9.89. The maximum atomic E-state index is 12.6. The fourth-order valence-corrected chi connectivity index (χ4v) is 5.33. The first-order chi connectivity index (χ1) is 15.3. The summed E-state index contributed by atoms with van der Waals surface area (Å²) in [4.78, 5) is 22.7. The quantitative estimate of drug-likeness (QED) is 0.210. The maximum Gasteiger partial charge on any atom is 0.380 e. The fourth-order valence-electron chi connectivity index (χ4n) is 3.96. The lowest BCUT2D eigenvalue weighted by molar-refractivity contribution is 0.0532. The largest absolute Gasteiger partial charge is 0.492 e. The summed E-state index contributed by atoms with van der Waals surface area (Å²) in [6.07, 6.45) is 3.03. The molecule has 0 amide bonds. The first-order valence-electron chi connectivity index (χ1n) is 10.6. The molecule has 8 heteroatoms. The molecule has 0 spiro atoms. The van der Waals surface area contributed by atoms with Crippen LogP contribution in [0, 0.1) is 6.92 Å². The Bertz CT molecular complexity index is 1060. The zero-order valence-corrected chi connectivity index (χ0v) is 20.4. The number of hydrogen-bond acceptors (Lipinski definition) is 6. The van der Waals surface area contributed by atoms with E-state index in [0.717, 1.165) is 34.2 Å². The Balaban J connectivity index is 1.89. The molecule has 1 atom stereocenters. The molecule has 32 heavy (non-hydrogen) atoms. The second kappa shape index (κ2) is 10.6. The molecule has 0 aliphatic carbocycles. The van der Waals surface area contributed by atoms with Gasteiger partial charge in [-0.15, -0.1) is 0 Å². The summed E-state index contributed by atoms with van der Waals surface area (Å²) in [7, 11) is -3.86. The van der Waals surface area contributed by atoms with Crippen LogP contribution in [0.1, 0.15) is 46.5 Å². The van der Waals surface area contributed by atoms with Crippen LogP contribution in [-0.4, -0.2) is 29.4 Å². The van der Waals surface area contributed by atoms with Gasteiger partial charge in [0.15, 0.2) is 0 Å². The molecule has 1 aliphatic heterocycles. The van der Waals surface area contributed by atoms with E-state index in [1.165, 1.54) is 0 Å². The van der Waals surface area contributed by atoms with Crippen LogP contribution in [0.3, 0.4) is 0 Å². The van der Waals surface area contributed by atoms with Crippen molar-refractivity contribution in [2.45, 2.75) is 40.2 Å². The number of allylic oxidation sites excluding steroid dienone is 2. The van der Waals surface area contributed by atoms with Gasteiger partial charge in [-0.3, -0.25) is 0 Å². The van der Waals surface area contributed by atoms with Crippen LogP contribution in [0.25, 0.3) is 0 Å². The molecular weight excluding hydrogens is 447 g/mol. The number of para-hydroxylation sites is 1.